The molecule has 21 heavy (non-hydrogen) atoms. The van der Waals surface area contributed by atoms with E-state index in [9.17, 15) is 0 Å². The van der Waals surface area contributed by atoms with Crippen LogP contribution in [0.4, 0.5) is 0 Å². The molecule has 5 nitrogen and oxygen atoms in total. The van der Waals surface area contributed by atoms with Crippen LogP contribution in [0.2, 0.25) is 0 Å². The lowest BCUT2D eigenvalue weighted by molar-refractivity contribution is 0.110. The van der Waals surface area contributed by atoms with Gasteiger partial charge < -0.3 is 14.6 Å². The molecule has 0 aliphatic rings. The molecule has 122 valence electrons. The Balaban J connectivity index is 2.49. The van der Waals surface area contributed by atoms with Gasteiger partial charge in [0, 0.05) is 32.3 Å². The third kappa shape index (κ3) is 7.07. The van der Waals surface area contributed by atoms with Gasteiger partial charge in [0.15, 0.2) is 5.76 Å². The van der Waals surface area contributed by atoms with E-state index in [0.717, 1.165) is 50.7 Å². The van der Waals surface area contributed by atoms with E-state index in [1.807, 2.05) is 0 Å². The lowest BCUT2D eigenvalue weighted by Crippen LogP contribution is -2.34. The Bertz CT molecular complexity index is 379. The number of hydrogen-bond acceptors (Lipinski definition) is 5. The van der Waals surface area contributed by atoms with E-state index in [-0.39, 0.29) is 0 Å². The number of nitrogens with one attached hydrogen (secondary N) is 1. The summed E-state index contributed by atoms with van der Waals surface area (Å²) in [5, 5.41) is 7.52. The molecule has 1 unspecified atom stereocenters. The van der Waals surface area contributed by atoms with Crippen LogP contribution < -0.4 is 5.32 Å². The molecule has 0 fully saturated rings. The number of rotatable bonds is 11. The highest BCUT2D eigenvalue weighted by atomic mass is 16.5. The van der Waals surface area contributed by atoms with Gasteiger partial charge in [-0.05, 0) is 25.8 Å². The molecule has 0 spiro atoms. The molecule has 1 N–H and O–H groups in total. The molecule has 5 heteroatoms. The Morgan fingerprint density at radius 1 is 1.38 bits per heavy atom. The molecular weight excluding hydrogens is 266 g/mol. The van der Waals surface area contributed by atoms with Crippen LogP contribution in [-0.4, -0.2) is 42.9 Å². The van der Waals surface area contributed by atoms with Gasteiger partial charge in [0.05, 0.1) is 18.8 Å². The SMILES string of the molecule is CCC(C)N(CCOC)Cc1cc(CNCC(C)C)no1. The molecular formula is C16H31N3O2. The fourth-order valence-electron chi connectivity index (χ4n) is 2.12. The molecule has 1 aromatic rings. The molecule has 1 atom stereocenters. The predicted molar refractivity (Wildman–Crippen MR) is 85.1 cm³/mol. The van der Waals surface area contributed by atoms with Crippen molar-refractivity contribution in [1.29, 1.82) is 0 Å². The van der Waals surface area contributed by atoms with Gasteiger partial charge >= 0.3 is 0 Å². The Labute approximate surface area is 129 Å². The van der Waals surface area contributed by atoms with Crippen LogP contribution >= 0.6 is 0 Å². The van der Waals surface area contributed by atoms with Gasteiger partial charge in [-0.15, -0.1) is 0 Å². The summed E-state index contributed by atoms with van der Waals surface area (Å²) in [7, 11) is 1.74. The summed E-state index contributed by atoms with van der Waals surface area (Å²) in [6.07, 6.45) is 1.11. The number of methoxy groups -OCH3 is 1. The molecule has 0 aromatic carbocycles. The first-order chi connectivity index (χ1) is 10.1. The minimum absolute atomic E-state index is 0.507. The molecule has 0 radical (unpaired) electrons. The van der Waals surface area contributed by atoms with E-state index in [1.165, 1.54) is 0 Å². The normalized spacial score (nSPS) is 13.3. The molecule has 0 aliphatic carbocycles. The number of hydrogen-bond donors (Lipinski definition) is 1. The summed E-state index contributed by atoms with van der Waals surface area (Å²) < 4.78 is 10.6. The van der Waals surface area contributed by atoms with Gasteiger partial charge in [0.1, 0.15) is 0 Å². The molecule has 0 bridgehead atoms. The zero-order valence-corrected chi connectivity index (χ0v) is 14.2. The van der Waals surface area contributed by atoms with Crippen molar-refractivity contribution in [3.05, 3.63) is 17.5 Å². The second-order valence-electron chi connectivity index (χ2n) is 6.03. The summed E-state index contributed by atoms with van der Waals surface area (Å²) in [5.74, 6) is 1.57. The number of nitrogens with zero attached hydrogens (tertiary/aromatic N) is 2. The average Bonchev–Trinajstić information content (AvgIpc) is 2.89. The summed E-state index contributed by atoms with van der Waals surface area (Å²) >= 11 is 0. The highest BCUT2D eigenvalue weighted by molar-refractivity contribution is 5.05. The maximum absolute atomic E-state index is 5.45. The third-order valence-electron chi connectivity index (χ3n) is 3.62. The van der Waals surface area contributed by atoms with Crippen molar-refractivity contribution >= 4 is 0 Å². The third-order valence-corrected chi connectivity index (χ3v) is 3.62. The van der Waals surface area contributed by atoms with Crippen LogP contribution in [-0.2, 0) is 17.8 Å². The van der Waals surface area contributed by atoms with Crippen molar-refractivity contribution in [1.82, 2.24) is 15.4 Å². The Kier molecular flexibility index (Phi) is 8.57. The van der Waals surface area contributed by atoms with E-state index < -0.39 is 0 Å². The van der Waals surface area contributed by atoms with Gasteiger partial charge in [-0.1, -0.05) is 25.9 Å². The van der Waals surface area contributed by atoms with Crippen molar-refractivity contribution in [2.75, 3.05) is 26.8 Å². The van der Waals surface area contributed by atoms with E-state index in [2.05, 4.69) is 49.1 Å². The van der Waals surface area contributed by atoms with Crippen LogP contribution in [0.1, 0.15) is 45.6 Å². The largest absolute Gasteiger partial charge is 0.383 e. The minimum atomic E-state index is 0.507. The molecule has 1 aromatic heterocycles. The molecule has 0 saturated carbocycles. The summed E-state index contributed by atoms with van der Waals surface area (Å²) in [6.45, 7) is 13.0. The highest BCUT2D eigenvalue weighted by Crippen LogP contribution is 2.12. The first-order valence-electron chi connectivity index (χ1n) is 7.95. The topological polar surface area (TPSA) is 50.5 Å². The summed E-state index contributed by atoms with van der Waals surface area (Å²) in [4.78, 5) is 2.37. The van der Waals surface area contributed by atoms with Crippen molar-refractivity contribution in [2.24, 2.45) is 5.92 Å². The lowest BCUT2D eigenvalue weighted by Gasteiger charge is -2.26. The number of aromatic nitrogens is 1. The first kappa shape index (κ1) is 18.1. The average molecular weight is 297 g/mol. The summed E-state index contributed by atoms with van der Waals surface area (Å²) in [5.41, 5.74) is 0.974. The zero-order valence-electron chi connectivity index (χ0n) is 14.2. The zero-order chi connectivity index (χ0) is 15.7. The molecule has 1 heterocycles. The van der Waals surface area contributed by atoms with Crippen LogP contribution in [0.15, 0.2) is 10.6 Å². The van der Waals surface area contributed by atoms with E-state index in [0.29, 0.717) is 12.0 Å². The molecule has 0 amide bonds. The second kappa shape index (κ2) is 9.92. The van der Waals surface area contributed by atoms with Crippen molar-refractivity contribution in [3.8, 4) is 0 Å². The lowest BCUT2D eigenvalue weighted by atomic mass is 10.2. The van der Waals surface area contributed by atoms with E-state index in [4.69, 9.17) is 9.26 Å². The van der Waals surface area contributed by atoms with Crippen molar-refractivity contribution in [3.63, 3.8) is 0 Å². The van der Waals surface area contributed by atoms with Crippen LogP contribution in [0.5, 0.6) is 0 Å². The smallest absolute Gasteiger partial charge is 0.151 e. The van der Waals surface area contributed by atoms with Gasteiger partial charge in [0.25, 0.3) is 0 Å². The fourth-order valence-corrected chi connectivity index (χ4v) is 2.12. The fraction of sp³-hybridized carbons (Fsp3) is 0.812. The molecule has 0 saturated heterocycles. The monoisotopic (exact) mass is 297 g/mol. The van der Waals surface area contributed by atoms with Crippen LogP contribution in [0.25, 0.3) is 0 Å². The van der Waals surface area contributed by atoms with Crippen LogP contribution in [0.3, 0.4) is 0 Å². The van der Waals surface area contributed by atoms with E-state index in [1.54, 1.807) is 7.11 Å². The Morgan fingerprint density at radius 2 is 2.14 bits per heavy atom. The van der Waals surface area contributed by atoms with Crippen LogP contribution in [0, 0.1) is 5.92 Å². The molecule has 1 rings (SSSR count). The van der Waals surface area contributed by atoms with E-state index >= 15 is 0 Å². The summed E-state index contributed by atoms with van der Waals surface area (Å²) in [6, 6.07) is 2.56. The maximum atomic E-state index is 5.45. The van der Waals surface area contributed by atoms with Crippen molar-refractivity contribution in [2.45, 2.75) is 53.2 Å². The minimum Gasteiger partial charge on any atom is -0.383 e. The second-order valence-corrected chi connectivity index (χ2v) is 6.03. The van der Waals surface area contributed by atoms with Crippen molar-refractivity contribution < 1.29 is 9.26 Å². The highest BCUT2D eigenvalue weighted by Gasteiger charge is 2.15. The van der Waals surface area contributed by atoms with Gasteiger partial charge in [0.2, 0.25) is 0 Å². The molecule has 0 aliphatic heterocycles. The predicted octanol–water partition coefficient (Wildman–Crippen LogP) is 2.67. The Morgan fingerprint density at radius 3 is 2.76 bits per heavy atom. The standard InChI is InChI=1S/C16H31N3O2/c1-6-14(4)19(7-8-20-5)12-16-9-15(18-21-16)11-17-10-13(2)3/h9,13-14,17H,6-8,10-12H2,1-5H3. The maximum Gasteiger partial charge on any atom is 0.151 e. The van der Waals surface area contributed by atoms with Gasteiger partial charge in [-0.2, -0.15) is 0 Å². The number of ether oxygens (including phenoxy) is 1. The Hall–Kier alpha value is -0.910. The van der Waals surface area contributed by atoms with Gasteiger partial charge in [-0.25, -0.2) is 0 Å². The quantitative estimate of drug-likeness (QED) is 0.680. The van der Waals surface area contributed by atoms with Gasteiger partial charge in [-0.3, -0.25) is 4.90 Å². The first-order valence-corrected chi connectivity index (χ1v) is 7.95.